The Labute approximate surface area is 116 Å². The number of benzene rings is 1. The summed E-state index contributed by atoms with van der Waals surface area (Å²) < 4.78 is 2.04. The van der Waals surface area contributed by atoms with Crippen LogP contribution in [0, 0.1) is 0 Å². The zero-order chi connectivity index (χ0) is 12.5. The molecular formula is C13H13Cl2N3. The molecule has 5 heteroatoms. The van der Waals surface area contributed by atoms with Crippen molar-refractivity contribution in [2.75, 3.05) is 6.54 Å². The molecule has 0 radical (unpaired) electrons. The molecular weight excluding hydrogens is 269 g/mol. The van der Waals surface area contributed by atoms with Gasteiger partial charge in [-0.25, -0.2) is 4.98 Å². The van der Waals surface area contributed by atoms with Crippen molar-refractivity contribution >= 4 is 23.2 Å². The molecule has 3 rings (SSSR count). The molecule has 0 spiro atoms. The fraction of sp³-hybridized carbons (Fsp3) is 0.308. The van der Waals surface area contributed by atoms with E-state index < -0.39 is 0 Å². The number of halogens is 2. The van der Waals surface area contributed by atoms with Crippen LogP contribution in [0.2, 0.25) is 10.0 Å². The van der Waals surface area contributed by atoms with E-state index in [-0.39, 0.29) is 0 Å². The molecule has 1 aromatic heterocycles. The standard InChI is InChI=1S/C13H13Cl2N3/c14-9-4-10(15)6-11(5-9)18-8-16-7-13(18)12-2-1-3-17-12/h4-8,12,17H,1-3H2/t12-/m0/s1. The van der Waals surface area contributed by atoms with Gasteiger partial charge in [-0.3, -0.25) is 0 Å². The van der Waals surface area contributed by atoms with E-state index >= 15 is 0 Å². The summed E-state index contributed by atoms with van der Waals surface area (Å²) in [7, 11) is 0. The molecule has 0 saturated carbocycles. The highest BCUT2D eigenvalue weighted by molar-refractivity contribution is 6.34. The molecule has 2 aromatic rings. The first kappa shape index (κ1) is 12.0. The lowest BCUT2D eigenvalue weighted by Gasteiger charge is -2.14. The SMILES string of the molecule is Clc1cc(Cl)cc(-n2cncc2[C@@H]2CCCN2)c1. The van der Waals surface area contributed by atoms with Crippen LogP contribution in [0.4, 0.5) is 0 Å². The normalized spacial score (nSPS) is 19.3. The van der Waals surface area contributed by atoms with E-state index in [1.165, 1.54) is 6.42 Å². The van der Waals surface area contributed by atoms with Crippen molar-refractivity contribution in [1.29, 1.82) is 0 Å². The lowest BCUT2D eigenvalue weighted by Crippen LogP contribution is -2.16. The molecule has 0 aliphatic carbocycles. The van der Waals surface area contributed by atoms with E-state index in [0.29, 0.717) is 16.1 Å². The van der Waals surface area contributed by atoms with Gasteiger partial charge in [0.25, 0.3) is 0 Å². The van der Waals surface area contributed by atoms with Gasteiger partial charge in [-0.1, -0.05) is 23.2 Å². The molecule has 0 amide bonds. The minimum atomic E-state index is 0.366. The zero-order valence-corrected chi connectivity index (χ0v) is 11.2. The van der Waals surface area contributed by atoms with E-state index in [9.17, 15) is 0 Å². The summed E-state index contributed by atoms with van der Waals surface area (Å²) in [4.78, 5) is 4.24. The second kappa shape index (κ2) is 4.92. The Morgan fingerprint density at radius 1 is 1.22 bits per heavy atom. The molecule has 1 aliphatic rings. The number of nitrogens with one attached hydrogen (secondary N) is 1. The Bertz CT molecular complexity index is 539. The lowest BCUT2D eigenvalue weighted by molar-refractivity contribution is 0.615. The number of imidazole rings is 1. The van der Waals surface area contributed by atoms with E-state index in [2.05, 4.69) is 10.3 Å². The van der Waals surface area contributed by atoms with Crippen LogP contribution in [-0.4, -0.2) is 16.1 Å². The first-order chi connectivity index (χ1) is 8.74. The Kier molecular flexibility index (Phi) is 3.29. The van der Waals surface area contributed by atoms with Crippen molar-refractivity contribution < 1.29 is 0 Å². The van der Waals surface area contributed by atoms with Crippen LogP contribution in [0.3, 0.4) is 0 Å². The van der Waals surface area contributed by atoms with Crippen molar-refractivity contribution in [2.24, 2.45) is 0 Å². The van der Waals surface area contributed by atoms with Crippen molar-refractivity contribution in [2.45, 2.75) is 18.9 Å². The van der Waals surface area contributed by atoms with Gasteiger partial charge in [0.15, 0.2) is 0 Å². The fourth-order valence-electron chi connectivity index (χ4n) is 2.39. The van der Waals surface area contributed by atoms with Gasteiger partial charge in [-0.15, -0.1) is 0 Å². The van der Waals surface area contributed by atoms with Crippen LogP contribution in [0.15, 0.2) is 30.7 Å². The van der Waals surface area contributed by atoms with Crippen LogP contribution < -0.4 is 5.32 Å². The number of hydrogen-bond acceptors (Lipinski definition) is 2. The second-order valence-corrected chi connectivity index (χ2v) is 5.34. The predicted molar refractivity (Wildman–Crippen MR) is 73.6 cm³/mol. The zero-order valence-electron chi connectivity index (χ0n) is 9.74. The molecule has 1 atom stereocenters. The smallest absolute Gasteiger partial charge is 0.0994 e. The molecule has 0 unspecified atom stereocenters. The maximum atomic E-state index is 6.05. The van der Waals surface area contributed by atoms with E-state index in [1.807, 2.05) is 22.9 Å². The summed E-state index contributed by atoms with van der Waals surface area (Å²) >= 11 is 12.1. The van der Waals surface area contributed by atoms with Crippen molar-refractivity contribution in [1.82, 2.24) is 14.9 Å². The van der Waals surface area contributed by atoms with Gasteiger partial charge < -0.3 is 9.88 Å². The fourth-order valence-corrected chi connectivity index (χ4v) is 2.91. The Morgan fingerprint density at radius 3 is 2.67 bits per heavy atom. The molecule has 1 aromatic carbocycles. The summed E-state index contributed by atoms with van der Waals surface area (Å²) in [6.45, 7) is 1.06. The van der Waals surface area contributed by atoms with Gasteiger partial charge in [-0.2, -0.15) is 0 Å². The molecule has 2 heterocycles. The third kappa shape index (κ3) is 2.26. The lowest BCUT2D eigenvalue weighted by atomic mass is 10.1. The van der Waals surface area contributed by atoms with Crippen molar-refractivity contribution in [3.8, 4) is 5.69 Å². The molecule has 1 aliphatic heterocycles. The maximum absolute atomic E-state index is 6.05. The van der Waals surface area contributed by atoms with Crippen LogP contribution in [0.25, 0.3) is 5.69 Å². The van der Waals surface area contributed by atoms with Crippen LogP contribution in [0.5, 0.6) is 0 Å². The number of rotatable bonds is 2. The summed E-state index contributed by atoms with van der Waals surface area (Å²) in [6, 6.07) is 5.89. The van der Waals surface area contributed by atoms with Crippen LogP contribution in [0.1, 0.15) is 24.6 Å². The van der Waals surface area contributed by atoms with Gasteiger partial charge in [0.2, 0.25) is 0 Å². The van der Waals surface area contributed by atoms with Gasteiger partial charge in [0, 0.05) is 21.8 Å². The van der Waals surface area contributed by atoms with E-state index in [0.717, 1.165) is 24.3 Å². The number of nitrogens with zero attached hydrogens (tertiary/aromatic N) is 2. The van der Waals surface area contributed by atoms with Gasteiger partial charge in [0.1, 0.15) is 0 Å². The highest BCUT2D eigenvalue weighted by Gasteiger charge is 2.20. The average Bonchev–Trinajstić information content (AvgIpc) is 2.98. The van der Waals surface area contributed by atoms with Crippen molar-refractivity contribution in [3.63, 3.8) is 0 Å². The third-order valence-corrected chi connectivity index (χ3v) is 3.65. The molecule has 1 fully saturated rings. The molecule has 1 saturated heterocycles. The second-order valence-electron chi connectivity index (χ2n) is 4.47. The van der Waals surface area contributed by atoms with Gasteiger partial charge in [0.05, 0.1) is 18.2 Å². The third-order valence-electron chi connectivity index (χ3n) is 3.21. The van der Waals surface area contributed by atoms with E-state index in [1.54, 1.807) is 12.4 Å². The first-order valence-electron chi connectivity index (χ1n) is 5.96. The Morgan fingerprint density at radius 2 is 2.00 bits per heavy atom. The average molecular weight is 282 g/mol. The topological polar surface area (TPSA) is 29.9 Å². The summed E-state index contributed by atoms with van der Waals surface area (Å²) in [5, 5.41) is 4.74. The molecule has 1 N–H and O–H groups in total. The highest BCUT2D eigenvalue weighted by atomic mass is 35.5. The van der Waals surface area contributed by atoms with Crippen LogP contribution >= 0.6 is 23.2 Å². The van der Waals surface area contributed by atoms with Gasteiger partial charge >= 0.3 is 0 Å². The largest absolute Gasteiger partial charge is 0.309 e. The number of aromatic nitrogens is 2. The predicted octanol–water partition coefficient (Wildman–Crippen LogP) is 3.60. The molecule has 0 bridgehead atoms. The first-order valence-corrected chi connectivity index (χ1v) is 6.72. The molecule has 3 nitrogen and oxygen atoms in total. The minimum absolute atomic E-state index is 0.366. The maximum Gasteiger partial charge on any atom is 0.0994 e. The quantitative estimate of drug-likeness (QED) is 0.912. The minimum Gasteiger partial charge on any atom is -0.309 e. The van der Waals surface area contributed by atoms with Crippen LogP contribution in [-0.2, 0) is 0 Å². The summed E-state index contributed by atoms with van der Waals surface area (Å²) in [5.74, 6) is 0. The Hall–Kier alpha value is -1.03. The highest BCUT2D eigenvalue weighted by Crippen LogP contribution is 2.27. The van der Waals surface area contributed by atoms with Crippen molar-refractivity contribution in [3.05, 3.63) is 46.5 Å². The number of hydrogen-bond donors (Lipinski definition) is 1. The summed E-state index contributed by atoms with van der Waals surface area (Å²) in [5.41, 5.74) is 2.11. The molecule has 94 valence electrons. The Balaban J connectivity index is 2.03. The molecule has 18 heavy (non-hydrogen) atoms. The van der Waals surface area contributed by atoms with E-state index in [4.69, 9.17) is 23.2 Å². The van der Waals surface area contributed by atoms with Gasteiger partial charge in [-0.05, 0) is 37.6 Å². The summed E-state index contributed by atoms with van der Waals surface area (Å²) in [6.07, 6.45) is 6.04. The monoisotopic (exact) mass is 281 g/mol.